The van der Waals surface area contributed by atoms with E-state index in [-0.39, 0.29) is 18.4 Å². The molecule has 1 N–H and O–H groups in total. The molecule has 0 saturated carbocycles. The van der Waals surface area contributed by atoms with Crippen molar-refractivity contribution < 1.29 is 18.8 Å². The molecule has 2 aromatic heterocycles. The molecule has 0 spiro atoms. The second kappa shape index (κ2) is 7.99. The van der Waals surface area contributed by atoms with Gasteiger partial charge >= 0.3 is 5.97 Å². The summed E-state index contributed by atoms with van der Waals surface area (Å²) < 4.78 is 10.4. The molecule has 142 valence electrons. The number of carbonyl (C=O) groups excluding carboxylic acids is 2. The van der Waals surface area contributed by atoms with E-state index in [4.69, 9.17) is 9.26 Å². The van der Waals surface area contributed by atoms with Crippen molar-refractivity contribution >= 4 is 28.2 Å². The zero-order valence-electron chi connectivity index (χ0n) is 16.1. The molecule has 0 atom stereocenters. The summed E-state index contributed by atoms with van der Waals surface area (Å²) in [4.78, 5) is 30.0. The number of aromatic nitrogens is 2. The van der Waals surface area contributed by atoms with Crippen LogP contribution in [0.2, 0.25) is 0 Å². The Labute approximate surface area is 157 Å². The second-order valence-electron chi connectivity index (χ2n) is 7.12. The largest absolute Gasteiger partial charge is 0.452 e. The minimum absolute atomic E-state index is 0.101. The van der Waals surface area contributed by atoms with Crippen LogP contribution < -0.4 is 5.32 Å². The van der Waals surface area contributed by atoms with E-state index in [2.05, 4.69) is 15.5 Å². The van der Waals surface area contributed by atoms with Crippen molar-refractivity contribution in [3.05, 3.63) is 27.7 Å². The van der Waals surface area contributed by atoms with E-state index in [9.17, 15) is 9.59 Å². The Bertz CT molecular complexity index is 802. The SMILES string of the molecule is CCCc1noc(COC(=O)c2c(NC(=O)C(C)(C)C)sc(C)c2C)n1. The van der Waals surface area contributed by atoms with Crippen molar-refractivity contribution in [1.82, 2.24) is 10.1 Å². The molecular weight excluding hydrogens is 354 g/mol. The van der Waals surface area contributed by atoms with Crippen LogP contribution in [0.15, 0.2) is 4.52 Å². The van der Waals surface area contributed by atoms with Crippen LogP contribution in [-0.2, 0) is 22.6 Å². The predicted molar refractivity (Wildman–Crippen MR) is 99.3 cm³/mol. The fourth-order valence-electron chi connectivity index (χ4n) is 2.12. The first-order valence-corrected chi connectivity index (χ1v) is 9.35. The van der Waals surface area contributed by atoms with Gasteiger partial charge in [-0.15, -0.1) is 11.3 Å². The van der Waals surface area contributed by atoms with Gasteiger partial charge in [0.15, 0.2) is 12.4 Å². The highest BCUT2D eigenvalue weighted by Crippen LogP contribution is 2.34. The maximum absolute atomic E-state index is 12.6. The molecule has 8 heteroatoms. The summed E-state index contributed by atoms with van der Waals surface area (Å²) in [6.07, 6.45) is 1.62. The molecule has 0 aliphatic rings. The first kappa shape index (κ1) is 20.1. The smallest absolute Gasteiger partial charge is 0.341 e. The second-order valence-corrected chi connectivity index (χ2v) is 8.35. The zero-order chi connectivity index (χ0) is 19.5. The van der Waals surface area contributed by atoms with Crippen molar-refractivity contribution in [1.29, 1.82) is 0 Å². The van der Waals surface area contributed by atoms with Gasteiger partial charge in [-0.3, -0.25) is 4.79 Å². The molecule has 0 saturated heterocycles. The molecule has 0 aliphatic carbocycles. The number of nitrogens with zero attached hydrogens (tertiary/aromatic N) is 2. The van der Waals surface area contributed by atoms with Crippen molar-refractivity contribution in [3.8, 4) is 0 Å². The minimum atomic E-state index is -0.563. The number of hydrogen-bond donors (Lipinski definition) is 1. The molecule has 2 heterocycles. The van der Waals surface area contributed by atoms with Gasteiger partial charge in [0, 0.05) is 16.7 Å². The van der Waals surface area contributed by atoms with Gasteiger partial charge in [0.05, 0.1) is 5.56 Å². The molecule has 0 radical (unpaired) electrons. The van der Waals surface area contributed by atoms with Gasteiger partial charge in [-0.05, 0) is 25.8 Å². The van der Waals surface area contributed by atoms with Gasteiger partial charge in [0.2, 0.25) is 5.91 Å². The summed E-state index contributed by atoms with van der Waals surface area (Å²) in [6, 6.07) is 0. The Hall–Kier alpha value is -2.22. The average Bonchev–Trinajstić information content (AvgIpc) is 3.10. The van der Waals surface area contributed by atoms with Crippen molar-refractivity contribution in [3.63, 3.8) is 0 Å². The number of aryl methyl sites for hydroxylation is 2. The van der Waals surface area contributed by atoms with E-state index in [1.807, 2.05) is 41.5 Å². The van der Waals surface area contributed by atoms with E-state index in [0.717, 1.165) is 16.9 Å². The lowest BCUT2D eigenvalue weighted by atomic mass is 9.96. The van der Waals surface area contributed by atoms with Gasteiger partial charge in [-0.2, -0.15) is 4.98 Å². The number of thiophene rings is 1. The molecule has 7 nitrogen and oxygen atoms in total. The molecule has 0 bridgehead atoms. The van der Waals surface area contributed by atoms with E-state index < -0.39 is 11.4 Å². The van der Waals surface area contributed by atoms with Crippen LogP contribution >= 0.6 is 11.3 Å². The van der Waals surface area contributed by atoms with E-state index in [0.29, 0.717) is 22.8 Å². The van der Waals surface area contributed by atoms with Crippen LogP contribution in [0, 0.1) is 19.3 Å². The Morgan fingerprint density at radius 2 is 1.96 bits per heavy atom. The Morgan fingerprint density at radius 3 is 2.58 bits per heavy atom. The molecule has 1 amide bonds. The lowest BCUT2D eigenvalue weighted by Crippen LogP contribution is -2.28. The maximum atomic E-state index is 12.6. The summed E-state index contributed by atoms with van der Waals surface area (Å²) in [5.41, 5.74) is 0.603. The molecule has 0 aliphatic heterocycles. The third-order valence-corrected chi connectivity index (χ3v) is 4.93. The fraction of sp³-hybridized carbons (Fsp3) is 0.556. The average molecular weight is 379 g/mol. The van der Waals surface area contributed by atoms with Crippen molar-refractivity contribution in [2.75, 3.05) is 5.32 Å². The number of amides is 1. The molecule has 26 heavy (non-hydrogen) atoms. The van der Waals surface area contributed by atoms with E-state index in [1.54, 1.807) is 0 Å². The van der Waals surface area contributed by atoms with Gasteiger partial charge in [0.25, 0.3) is 5.89 Å². The number of carbonyl (C=O) groups is 2. The van der Waals surface area contributed by atoms with E-state index in [1.165, 1.54) is 11.3 Å². The maximum Gasteiger partial charge on any atom is 0.341 e. The Kier molecular flexibility index (Phi) is 6.17. The third-order valence-electron chi connectivity index (χ3n) is 3.81. The lowest BCUT2D eigenvalue weighted by molar-refractivity contribution is -0.123. The first-order chi connectivity index (χ1) is 12.1. The highest BCUT2D eigenvalue weighted by molar-refractivity contribution is 7.16. The Balaban J connectivity index is 2.13. The molecular formula is C18H25N3O4S. The van der Waals surface area contributed by atoms with Gasteiger partial charge in [-0.1, -0.05) is 32.9 Å². The summed E-state index contributed by atoms with van der Waals surface area (Å²) in [5.74, 6) is 0.172. The number of rotatable bonds is 6. The zero-order valence-corrected chi connectivity index (χ0v) is 16.9. The first-order valence-electron chi connectivity index (χ1n) is 8.53. The summed E-state index contributed by atoms with van der Waals surface area (Å²) in [5, 5.41) is 7.17. The van der Waals surface area contributed by atoms with Crippen LogP contribution in [-0.4, -0.2) is 22.0 Å². The molecule has 2 aromatic rings. The number of esters is 1. The molecule has 0 unspecified atom stereocenters. The molecule has 0 aromatic carbocycles. The number of anilines is 1. The summed E-state index contributed by atoms with van der Waals surface area (Å²) in [6.45, 7) is 11.1. The quantitative estimate of drug-likeness (QED) is 0.761. The van der Waals surface area contributed by atoms with Crippen molar-refractivity contribution in [2.24, 2.45) is 5.41 Å². The Morgan fingerprint density at radius 1 is 1.27 bits per heavy atom. The van der Waals surface area contributed by atoms with Gasteiger partial charge in [0.1, 0.15) is 5.00 Å². The van der Waals surface area contributed by atoms with Crippen molar-refractivity contribution in [2.45, 2.75) is 61.0 Å². The highest BCUT2D eigenvalue weighted by atomic mass is 32.1. The van der Waals surface area contributed by atoms with Crippen LogP contribution in [0.1, 0.15) is 66.6 Å². The van der Waals surface area contributed by atoms with Crippen LogP contribution in [0.4, 0.5) is 5.00 Å². The van der Waals surface area contributed by atoms with Gasteiger partial charge < -0.3 is 14.6 Å². The number of nitrogens with one attached hydrogen (secondary N) is 1. The highest BCUT2D eigenvalue weighted by Gasteiger charge is 2.27. The van der Waals surface area contributed by atoms with Crippen LogP contribution in [0.3, 0.4) is 0 Å². The van der Waals surface area contributed by atoms with Gasteiger partial charge in [-0.25, -0.2) is 4.79 Å². The minimum Gasteiger partial charge on any atom is -0.452 e. The third kappa shape index (κ3) is 4.69. The lowest BCUT2D eigenvalue weighted by Gasteiger charge is -2.17. The van der Waals surface area contributed by atoms with Crippen LogP contribution in [0.5, 0.6) is 0 Å². The standard InChI is InChI=1S/C18H25N3O4S/c1-7-8-12-19-13(25-21-12)9-24-16(22)14-10(2)11(3)26-15(14)20-17(23)18(4,5)6/h7-9H2,1-6H3,(H,20,23). The number of hydrogen-bond acceptors (Lipinski definition) is 7. The predicted octanol–water partition coefficient (Wildman–Crippen LogP) is 4.04. The summed E-state index contributed by atoms with van der Waals surface area (Å²) in [7, 11) is 0. The normalized spacial score (nSPS) is 11.5. The molecule has 0 fully saturated rings. The topological polar surface area (TPSA) is 94.3 Å². The fourth-order valence-corrected chi connectivity index (χ4v) is 3.17. The molecule has 2 rings (SSSR count). The van der Waals surface area contributed by atoms with Crippen LogP contribution in [0.25, 0.3) is 0 Å². The number of ether oxygens (including phenoxy) is 1. The van der Waals surface area contributed by atoms with E-state index >= 15 is 0 Å². The monoisotopic (exact) mass is 379 g/mol. The summed E-state index contributed by atoms with van der Waals surface area (Å²) >= 11 is 1.36.